The minimum Gasteiger partial charge on any atom is -0.371 e. The zero-order valence-electron chi connectivity index (χ0n) is 10.6. The van der Waals surface area contributed by atoms with Gasteiger partial charge in [0.15, 0.2) is 0 Å². The molecule has 2 fully saturated rings. The minimum absolute atomic E-state index is 0.212. The van der Waals surface area contributed by atoms with Gasteiger partial charge >= 0.3 is 0 Å². The van der Waals surface area contributed by atoms with Gasteiger partial charge in [-0.2, -0.15) is 0 Å². The van der Waals surface area contributed by atoms with E-state index in [0.717, 1.165) is 13.2 Å². The Morgan fingerprint density at radius 2 is 1.69 bits per heavy atom. The highest BCUT2D eigenvalue weighted by molar-refractivity contribution is 4.89. The highest BCUT2D eigenvalue weighted by atomic mass is 16.6. The second kappa shape index (κ2) is 4.26. The maximum absolute atomic E-state index is 5.88. The fraction of sp³-hybridized carbons (Fsp3) is 1.00. The quantitative estimate of drug-likeness (QED) is 0.620. The second-order valence-corrected chi connectivity index (χ2v) is 5.74. The van der Waals surface area contributed by atoms with Crippen LogP contribution in [-0.2, 0) is 18.9 Å². The number of ether oxygens (including phenoxy) is 4. The van der Waals surface area contributed by atoms with Crippen LogP contribution in [0.2, 0.25) is 0 Å². The van der Waals surface area contributed by atoms with Gasteiger partial charge in [-0.15, -0.1) is 0 Å². The maximum Gasteiger partial charge on any atom is 0.109 e. The van der Waals surface area contributed by atoms with Gasteiger partial charge in [-0.3, -0.25) is 0 Å². The third kappa shape index (κ3) is 3.70. The lowest BCUT2D eigenvalue weighted by Crippen LogP contribution is -2.40. The van der Waals surface area contributed by atoms with Crippen LogP contribution < -0.4 is 0 Å². The molecule has 0 saturated carbocycles. The molecule has 0 aromatic rings. The van der Waals surface area contributed by atoms with Crippen LogP contribution in [0.1, 0.15) is 27.7 Å². The summed E-state index contributed by atoms with van der Waals surface area (Å²) in [6.45, 7) is 11.1. The Hall–Kier alpha value is -0.160. The van der Waals surface area contributed by atoms with E-state index in [0.29, 0.717) is 19.3 Å². The molecule has 4 heteroatoms. The van der Waals surface area contributed by atoms with Crippen LogP contribution in [0.25, 0.3) is 0 Å². The number of hydrogen-bond donors (Lipinski definition) is 0. The van der Waals surface area contributed by atoms with Gasteiger partial charge in [0.1, 0.15) is 12.2 Å². The topological polar surface area (TPSA) is 43.5 Å². The van der Waals surface area contributed by atoms with E-state index in [1.807, 2.05) is 13.8 Å². The molecule has 0 aliphatic carbocycles. The molecule has 4 nitrogen and oxygen atoms in total. The third-order valence-electron chi connectivity index (χ3n) is 2.96. The Labute approximate surface area is 97.2 Å². The maximum atomic E-state index is 5.88. The molecule has 0 aromatic heterocycles. The summed E-state index contributed by atoms with van der Waals surface area (Å²) in [7, 11) is 0. The molecule has 94 valence electrons. The third-order valence-corrected chi connectivity index (χ3v) is 2.96. The summed E-state index contributed by atoms with van der Waals surface area (Å²) in [5, 5.41) is 0. The van der Waals surface area contributed by atoms with Crippen molar-refractivity contribution in [3.8, 4) is 0 Å². The highest BCUT2D eigenvalue weighted by Gasteiger charge is 2.41. The highest BCUT2D eigenvalue weighted by Crippen LogP contribution is 2.29. The van der Waals surface area contributed by atoms with E-state index in [2.05, 4.69) is 13.8 Å². The molecule has 0 bridgehead atoms. The van der Waals surface area contributed by atoms with Gasteiger partial charge in [-0.1, -0.05) is 0 Å². The fourth-order valence-corrected chi connectivity index (χ4v) is 1.43. The van der Waals surface area contributed by atoms with Crippen molar-refractivity contribution in [2.75, 3.05) is 26.4 Å². The fourth-order valence-electron chi connectivity index (χ4n) is 1.43. The Kier molecular flexibility index (Phi) is 3.27. The van der Waals surface area contributed by atoms with Crippen molar-refractivity contribution in [2.24, 2.45) is 0 Å². The lowest BCUT2D eigenvalue weighted by atomic mass is 10.1. The standard InChI is InChI=1S/C12H22O4/c1-11(2,15-6-9-5-13-9)8-16-12(3,4)10-7-14-10/h9-10H,5-8H2,1-4H3. The van der Waals surface area contributed by atoms with Crippen molar-refractivity contribution >= 4 is 0 Å². The molecule has 0 N–H and O–H groups in total. The molecule has 2 rings (SSSR count). The molecule has 0 radical (unpaired) electrons. The summed E-state index contributed by atoms with van der Waals surface area (Å²) in [4.78, 5) is 0. The number of epoxide rings is 2. The van der Waals surface area contributed by atoms with E-state index >= 15 is 0 Å². The second-order valence-electron chi connectivity index (χ2n) is 5.74. The van der Waals surface area contributed by atoms with Crippen molar-refractivity contribution in [3.63, 3.8) is 0 Å². The average Bonchev–Trinajstić information content (AvgIpc) is 3.03. The van der Waals surface area contributed by atoms with Crippen LogP contribution in [0.15, 0.2) is 0 Å². The minimum atomic E-state index is -0.266. The number of hydrogen-bond acceptors (Lipinski definition) is 4. The summed E-state index contributed by atoms with van der Waals surface area (Å²) in [6.07, 6.45) is 0.550. The van der Waals surface area contributed by atoms with Crippen molar-refractivity contribution < 1.29 is 18.9 Å². The van der Waals surface area contributed by atoms with Gasteiger partial charge < -0.3 is 18.9 Å². The first-order valence-corrected chi connectivity index (χ1v) is 5.90. The largest absolute Gasteiger partial charge is 0.371 e. The number of rotatable bonds is 7. The lowest BCUT2D eigenvalue weighted by molar-refractivity contribution is -0.128. The lowest BCUT2D eigenvalue weighted by Gasteiger charge is -2.31. The van der Waals surface area contributed by atoms with Gasteiger partial charge in [-0.25, -0.2) is 0 Å². The monoisotopic (exact) mass is 230 g/mol. The van der Waals surface area contributed by atoms with Gasteiger partial charge in [-0.05, 0) is 27.7 Å². The average molecular weight is 230 g/mol. The molecular formula is C12H22O4. The predicted molar refractivity (Wildman–Crippen MR) is 59.5 cm³/mol. The molecular weight excluding hydrogens is 208 g/mol. The molecule has 2 aliphatic heterocycles. The zero-order chi connectivity index (χ0) is 11.8. The first-order valence-electron chi connectivity index (χ1n) is 5.90. The van der Waals surface area contributed by atoms with Crippen molar-refractivity contribution in [1.29, 1.82) is 0 Å². The summed E-state index contributed by atoms with van der Waals surface area (Å²) >= 11 is 0. The molecule has 2 unspecified atom stereocenters. The van der Waals surface area contributed by atoms with E-state index in [1.165, 1.54) is 0 Å². The molecule has 2 heterocycles. The summed E-state index contributed by atoms with van der Waals surface area (Å²) in [5.74, 6) is 0. The first-order chi connectivity index (χ1) is 7.39. The first kappa shape index (κ1) is 12.3. The van der Waals surface area contributed by atoms with Crippen LogP contribution in [0.4, 0.5) is 0 Å². The molecule has 16 heavy (non-hydrogen) atoms. The van der Waals surface area contributed by atoms with Gasteiger partial charge in [0.25, 0.3) is 0 Å². The van der Waals surface area contributed by atoms with Crippen molar-refractivity contribution in [2.45, 2.75) is 51.1 Å². The van der Waals surface area contributed by atoms with Gasteiger partial charge in [0.05, 0.1) is 37.6 Å². The molecule has 0 amide bonds. The Morgan fingerprint density at radius 1 is 1.06 bits per heavy atom. The summed E-state index contributed by atoms with van der Waals surface area (Å²) in [5.41, 5.74) is -0.477. The van der Waals surface area contributed by atoms with Crippen LogP contribution >= 0.6 is 0 Å². The molecule has 2 saturated heterocycles. The Balaban J connectivity index is 1.69. The zero-order valence-corrected chi connectivity index (χ0v) is 10.6. The van der Waals surface area contributed by atoms with Crippen LogP contribution in [0.5, 0.6) is 0 Å². The van der Waals surface area contributed by atoms with E-state index in [4.69, 9.17) is 18.9 Å². The van der Waals surface area contributed by atoms with Crippen LogP contribution in [0.3, 0.4) is 0 Å². The summed E-state index contributed by atoms with van der Waals surface area (Å²) < 4.78 is 22.0. The van der Waals surface area contributed by atoms with E-state index < -0.39 is 0 Å². The van der Waals surface area contributed by atoms with Crippen molar-refractivity contribution in [1.82, 2.24) is 0 Å². The van der Waals surface area contributed by atoms with Gasteiger partial charge in [0.2, 0.25) is 0 Å². The van der Waals surface area contributed by atoms with E-state index in [9.17, 15) is 0 Å². The smallest absolute Gasteiger partial charge is 0.109 e. The molecule has 2 atom stereocenters. The van der Waals surface area contributed by atoms with Gasteiger partial charge in [0, 0.05) is 0 Å². The Bertz CT molecular complexity index is 241. The van der Waals surface area contributed by atoms with Crippen molar-refractivity contribution in [3.05, 3.63) is 0 Å². The molecule has 0 spiro atoms. The SMILES string of the molecule is CC(C)(COC(C)(C)C1CO1)OCC1CO1. The van der Waals surface area contributed by atoms with Crippen LogP contribution in [0, 0.1) is 0 Å². The molecule has 0 aromatic carbocycles. The van der Waals surface area contributed by atoms with E-state index in [1.54, 1.807) is 0 Å². The normalized spacial score (nSPS) is 29.2. The summed E-state index contributed by atoms with van der Waals surface area (Å²) in [6, 6.07) is 0. The molecule has 2 aliphatic rings. The van der Waals surface area contributed by atoms with Crippen LogP contribution in [-0.4, -0.2) is 49.8 Å². The van der Waals surface area contributed by atoms with E-state index in [-0.39, 0.29) is 17.3 Å². The predicted octanol–water partition coefficient (Wildman–Crippen LogP) is 1.37. The Morgan fingerprint density at radius 3 is 2.19 bits per heavy atom.